The standard InChI is InChI=1S/C19H19Cl2N3O/c1-13(14-3-5-17(6-4-14)24-8-7-22-12-24)23-11-15-9-16(20)10-18(21)19(15)25-2/h3-10,12-13,23H,11H2,1-2H3. The van der Waals surface area contributed by atoms with Crippen molar-refractivity contribution in [1.29, 1.82) is 0 Å². The Labute approximate surface area is 157 Å². The van der Waals surface area contributed by atoms with E-state index in [1.54, 1.807) is 25.7 Å². The van der Waals surface area contributed by atoms with Crippen LogP contribution in [0.1, 0.15) is 24.1 Å². The lowest BCUT2D eigenvalue weighted by Gasteiger charge is -2.17. The average molecular weight is 376 g/mol. The van der Waals surface area contributed by atoms with E-state index in [9.17, 15) is 0 Å². The number of hydrogen-bond acceptors (Lipinski definition) is 3. The quantitative estimate of drug-likeness (QED) is 0.655. The van der Waals surface area contributed by atoms with Gasteiger partial charge in [-0.25, -0.2) is 4.98 Å². The van der Waals surface area contributed by atoms with E-state index in [2.05, 4.69) is 41.5 Å². The number of benzene rings is 2. The maximum Gasteiger partial charge on any atom is 0.142 e. The highest BCUT2D eigenvalue weighted by Crippen LogP contribution is 2.32. The fraction of sp³-hybridized carbons (Fsp3) is 0.211. The molecule has 130 valence electrons. The summed E-state index contributed by atoms with van der Waals surface area (Å²) < 4.78 is 7.36. The van der Waals surface area contributed by atoms with Crippen molar-refractivity contribution in [2.45, 2.75) is 19.5 Å². The summed E-state index contributed by atoms with van der Waals surface area (Å²) in [7, 11) is 1.61. The first-order chi connectivity index (χ1) is 12.1. The normalized spacial score (nSPS) is 12.2. The van der Waals surface area contributed by atoms with Crippen LogP contribution in [0.4, 0.5) is 0 Å². The van der Waals surface area contributed by atoms with Gasteiger partial charge < -0.3 is 14.6 Å². The molecule has 0 saturated carbocycles. The van der Waals surface area contributed by atoms with E-state index >= 15 is 0 Å². The predicted molar refractivity (Wildman–Crippen MR) is 102 cm³/mol. The van der Waals surface area contributed by atoms with Crippen LogP contribution in [0.2, 0.25) is 10.0 Å². The van der Waals surface area contributed by atoms with Gasteiger partial charge in [-0.2, -0.15) is 0 Å². The van der Waals surface area contributed by atoms with Gasteiger partial charge in [0.2, 0.25) is 0 Å². The van der Waals surface area contributed by atoms with Gasteiger partial charge in [-0.15, -0.1) is 0 Å². The zero-order chi connectivity index (χ0) is 17.8. The van der Waals surface area contributed by atoms with Crippen molar-refractivity contribution in [1.82, 2.24) is 14.9 Å². The van der Waals surface area contributed by atoms with Crippen molar-refractivity contribution in [3.05, 3.63) is 76.3 Å². The molecule has 1 heterocycles. The zero-order valence-corrected chi connectivity index (χ0v) is 15.6. The molecule has 4 nitrogen and oxygen atoms in total. The van der Waals surface area contributed by atoms with Crippen LogP contribution in [0.5, 0.6) is 5.75 Å². The highest BCUT2D eigenvalue weighted by molar-refractivity contribution is 6.35. The maximum absolute atomic E-state index is 6.19. The third-order valence-corrected chi connectivity index (χ3v) is 4.58. The molecular weight excluding hydrogens is 357 g/mol. The fourth-order valence-electron chi connectivity index (χ4n) is 2.70. The first-order valence-corrected chi connectivity index (χ1v) is 8.67. The lowest BCUT2D eigenvalue weighted by molar-refractivity contribution is 0.406. The number of methoxy groups -OCH3 is 1. The van der Waals surface area contributed by atoms with Gasteiger partial charge in [0, 0.05) is 41.3 Å². The highest BCUT2D eigenvalue weighted by atomic mass is 35.5. The van der Waals surface area contributed by atoms with Gasteiger partial charge in [-0.05, 0) is 36.8 Å². The second-order valence-corrected chi connectivity index (χ2v) is 6.59. The zero-order valence-electron chi connectivity index (χ0n) is 14.0. The molecule has 25 heavy (non-hydrogen) atoms. The molecule has 1 aromatic heterocycles. The van der Waals surface area contributed by atoms with Crippen LogP contribution < -0.4 is 10.1 Å². The summed E-state index contributed by atoms with van der Waals surface area (Å²) >= 11 is 12.3. The van der Waals surface area contributed by atoms with E-state index in [1.807, 2.05) is 16.8 Å². The highest BCUT2D eigenvalue weighted by Gasteiger charge is 2.12. The van der Waals surface area contributed by atoms with Gasteiger partial charge in [-0.3, -0.25) is 0 Å². The molecule has 3 rings (SSSR count). The summed E-state index contributed by atoms with van der Waals surface area (Å²) in [6.07, 6.45) is 5.47. The van der Waals surface area contributed by atoms with Crippen molar-refractivity contribution in [2.24, 2.45) is 0 Å². The number of aromatic nitrogens is 2. The molecule has 0 spiro atoms. The van der Waals surface area contributed by atoms with Gasteiger partial charge in [0.25, 0.3) is 0 Å². The van der Waals surface area contributed by atoms with E-state index < -0.39 is 0 Å². The molecule has 0 bridgehead atoms. The summed E-state index contributed by atoms with van der Waals surface area (Å²) in [4.78, 5) is 4.07. The predicted octanol–water partition coefficient (Wildman–Crippen LogP) is 5.04. The van der Waals surface area contributed by atoms with Crippen molar-refractivity contribution >= 4 is 23.2 Å². The van der Waals surface area contributed by atoms with Crippen molar-refractivity contribution in [3.63, 3.8) is 0 Å². The lowest BCUT2D eigenvalue weighted by atomic mass is 10.1. The third kappa shape index (κ3) is 4.15. The van der Waals surface area contributed by atoms with Crippen molar-refractivity contribution in [3.8, 4) is 11.4 Å². The first-order valence-electron chi connectivity index (χ1n) is 7.92. The minimum Gasteiger partial charge on any atom is -0.495 e. The molecule has 0 aliphatic rings. The molecule has 1 atom stereocenters. The first kappa shape index (κ1) is 17.8. The molecule has 3 aromatic rings. The summed E-state index contributed by atoms with van der Waals surface area (Å²) in [5.74, 6) is 0.654. The van der Waals surface area contributed by atoms with Crippen molar-refractivity contribution in [2.75, 3.05) is 7.11 Å². The molecule has 0 amide bonds. The van der Waals surface area contributed by atoms with Crippen molar-refractivity contribution < 1.29 is 4.74 Å². The Morgan fingerprint density at radius 1 is 1.20 bits per heavy atom. The average Bonchev–Trinajstić information content (AvgIpc) is 3.14. The van der Waals surface area contributed by atoms with E-state index in [4.69, 9.17) is 27.9 Å². The van der Waals surface area contributed by atoms with Gasteiger partial charge in [0.1, 0.15) is 5.75 Å². The number of halogens is 2. The summed E-state index contributed by atoms with van der Waals surface area (Å²) in [6.45, 7) is 2.72. The Kier molecular flexibility index (Phi) is 5.63. The van der Waals surface area contributed by atoms with Crippen LogP contribution in [-0.4, -0.2) is 16.7 Å². The molecule has 0 saturated heterocycles. The Morgan fingerprint density at radius 3 is 2.60 bits per heavy atom. The second-order valence-electron chi connectivity index (χ2n) is 5.74. The third-order valence-electron chi connectivity index (χ3n) is 4.08. The maximum atomic E-state index is 6.19. The number of ether oxygens (including phenoxy) is 1. The van der Waals surface area contributed by atoms with Crippen LogP contribution in [0.15, 0.2) is 55.1 Å². The topological polar surface area (TPSA) is 39.1 Å². The largest absolute Gasteiger partial charge is 0.495 e. The van der Waals surface area contributed by atoms with Gasteiger partial charge in [-0.1, -0.05) is 35.3 Å². The second kappa shape index (κ2) is 7.91. The number of rotatable bonds is 6. The Balaban J connectivity index is 1.70. The minimum absolute atomic E-state index is 0.166. The van der Waals surface area contributed by atoms with Gasteiger partial charge in [0.05, 0.1) is 18.5 Å². The Morgan fingerprint density at radius 2 is 1.96 bits per heavy atom. The van der Waals surface area contributed by atoms with Crippen LogP contribution in [0.3, 0.4) is 0 Å². The number of hydrogen-bond donors (Lipinski definition) is 1. The van der Waals surface area contributed by atoms with Crippen LogP contribution >= 0.6 is 23.2 Å². The summed E-state index contributed by atoms with van der Waals surface area (Å²) in [5, 5.41) is 4.60. The summed E-state index contributed by atoms with van der Waals surface area (Å²) in [5.41, 5.74) is 3.20. The number of nitrogens with one attached hydrogen (secondary N) is 1. The smallest absolute Gasteiger partial charge is 0.142 e. The Hall–Kier alpha value is -2.01. The molecule has 1 unspecified atom stereocenters. The minimum atomic E-state index is 0.166. The van der Waals surface area contributed by atoms with Crippen LogP contribution in [-0.2, 0) is 6.54 Å². The number of nitrogens with zero attached hydrogens (tertiary/aromatic N) is 2. The van der Waals surface area contributed by atoms with E-state index in [-0.39, 0.29) is 6.04 Å². The molecule has 2 aromatic carbocycles. The number of imidazole rings is 1. The molecule has 0 fully saturated rings. The Bertz CT molecular complexity index is 833. The van der Waals surface area contributed by atoms with Crippen LogP contribution in [0, 0.1) is 0 Å². The molecule has 6 heteroatoms. The molecule has 0 aliphatic carbocycles. The van der Waals surface area contributed by atoms with E-state index in [0.717, 1.165) is 11.3 Å². The lowest BCUT2D eigenvalue weighted by Crippen LogP contribution is -2.18. The summed E-state index contributed by atoms with van der Waals surface area (Å²) in [6, 6.07) is 12.1. The molecule has 0 radical (unpaired) electrons. The van der Waals surface area contributed by atoms with Crippen LogP contribution in [0.25, 0.3) is 5.69 Å². The van der Waals surface area contributed by atoms with Gasteiger partial charge >= 0.3 is 0 Å². The monoisotopic (exact) mass is 375 g/mol. The fourth-order valence-corrected chi connectivity index (χ4v) is 3.31. The molecule has 1 N–H and O–H groups in total. The van der Waals surface area contributed by atoms with E-state index in [0.29, 0.717) is 22.3 Å². The molecule has 0 aliphatic heterocycles. The molecular formula is C19H19Cl2N3O. The van der Waals surface area contributed by atoms with Gasteiger partial charge in [0.15, 0.2) is 0 Å². The SMILES string of the molecule is COc1c(Cl)cc(Cl)cc1CNC(C)c1ccc(-n2ccnc2)cc1. The van der Waals surface area contributed by atoms with E-state index in [1.165, 1.54) is 5.56 Å².